The molecule has 0 unspecified atom stereocenters. The zero-order valence-corrected chi connectivity index (χ0v) is 79.3. The Bertz CT molecular complexity index is 5280. The van der Waals surface area contributed by atoms with Gasteiger partial charge in [-0.15, -0.1) is 0 Å². The SMILES string of the molecule is C=CC(=O)N1CCC(Oc2ccc3ncncc3c2)CC1.C=CC(=O)N1CCC(Oc2cccc3cncnc23)CC1.C=CC(=O)N1CCC(Oc2ccnc(N)n2)CC1.C=CC(=O)N1CCC(Oc2cnc(N)nc2)CC1.C=CC(=O)N1CCC2(CC1)CC(=O)CO2.C=CC(=O)N1CCC2(CC1)CC(F)(F)CO2.C=CC(=O)N1CCC2(CC1)CNC(=O)CO2.C=CC(=O)N1CCC2(CC1)C[C@H](F)CO2. The van der Waals surface area contributed by atoms with Crippen LogP contribution in [-0.4, -0.2) is 335 Å². The number of rotatable bonds is 16. The fourth-order valence-corrected chi connectivity index (χ4v) is 18.2. The summed E-state index contributed by atoms with van der Waals surface area (Å²) in [6.07, 6.45) is 34.3. The fraction of sp³-hybridized carbons (Fsp3) is 0.500. The maximum atomic E-state index is 13.1. The molecule has 0 saturated carbocycles. The van der Waals surface area contributed by atoms with E-state index >= 15 is 0 Å². The molecular weight excluding hydrogens is 1810 g/mol. The standard InChI is InChI=1S/2C16H17N3O2.2C12H16N4O2.C11H15F2NO2.C11H16FNO2.C11H16N2O3.C11H15NO3/c1-2-16(20)19-7-5-13(6-8-19)21-14-3-4-15-12(9-14)10-17-11-18-15;1-2-15(20)19-8-6-13(7-9-19)21-14-5-3-4-12-10-17-11-18-16(12)14;1-2-11(17)16-7-4-9(5-8-16)18-10-3-6-14-12(13)15-10;1-2-11(17)16-5-3-9(4-6-16)18-10-7-14-12(13)15-8-10;1-2-9(15)14-5-3-10(4-6-14)7-11(12,13)8-16-10;1-2-10(14)13-5-3-11(4-6-13)7-9(12)8-15-11;1-2-10(15)13-5-3-11(4-6-13)8-12-9(14)7-16-11;1-2-10(14)12-5-3-11(4-6-12)7-9(13)8-15-11/h2-4,9-11,13H,1,5-8H2;2-5,10-11,13H,1,6-9H2;2-3,6,9H,1,4-5,7-8H2,(H2,13,14,15);2,7-9H,1,3-6H2,(H2,13,14,15);2H,1,3-8H2;2,9H,1,3-8H2;2H,1,3-8H2,(H,12,14);2H,1,3-8H2/t;;;;;9-;;/m.....0../s1. The molecule has 2 aromatic carbocycles. The van der Waals surface area contributed by atoms with Gasteiger partial charge in [0, 0.05) is 217 Å². The van der Waals surface area contributed by atoms with Crippen LogP contribution in [0.15, 0.2) is 187 Å². The Morgan fingerprint density at radius 2 is 0.843 bits per heavy atom. The summed E-state index contributed by atoms with van der Waals surface area (Å²) in [7, 11) is 0. The van der Waals surface area contributed by atoms with Crippen molar-refractivity contribution in [2.45, 2.75) is 181 Å². The summed E-state index contributed by atoms with van der Waals surface area (Å²) in [6.45, 7) is 38.9. The number of nitrogen functional groups attached to an aromatic ring is 2. The Hall–Kier alpha value is -13.5. The molecule has 4 spiro atoms. The quantitative estimate of drug-likeness (QED) is 0.0762. The number of benzene rings is 2. The van der Waals surface area contributed by atoms with Crippen LogP contribution in [0, 0.1) is 0 Å². The second-order valence-corrected chi connectivity index (χ2v) is 35.7. The third-order valence-electron chi connectivity index (χ3n) is 26.3. The number of fused-ring (bicyclic) bond motifs is 2. The van der Waals surface area contributed by atoms with E-state index in [1.54, 1.807) is 76.2 Å². The number of alkyl halides is 3. The van der Waals surface area contributed by atoms with Gasteiger partial charge in [0.1, 0.15) is 80.1 Å². The summed E-state index contributed by atoms with van der Waals surface area (Å²) >= 11 is 0. The van der Waals surface area contributed by atoms with Crippen molar-refractivity contribution >= 4 is 92.7 Å². The lowest BCUT2D eigenvalue weighted by atomic mass is 9.87. The van der Waals surface area contributed by atoms with E-state index in [1.165, 1.54) is 61.3 Å². The molecule has 752 valence electrons. The number of halogens is 3. The van der Waals surface area contributed by atoms with Crippen molar-refractivity contribution in [1.82, 2.24) is 84.4 Å². The number of hydrogen-bond donors (Lipinski definition) is 3. The summed E-state index contributed by atoms with van der Waals surface area (Å²) in [6, 6.07) is 13.3. The van der Waals surface area contributed by atoms with Gasteiger partial charge < -0.3 is 93.9 Å². The van der Waals surface area contributed by atoms with Crippen LogP contribution in [0.4, 0.5) is 25.1 Å². The van der Waals surface area contributed by atoms with Crippen LogP contribution in [0.3, 0.4) is 0 Å². The highest BCUT2D eigenvalue weighted by atomic mass is 19.3. The lowest BCUT2D eigenvalue weighted by Gasteiger charge is -2.43. The van der Waals surface area contributed by atoms with Crippen LogP contribution in [-0.2, 0) is 66.9 Å². The van der Waals surface area contributed by atoms with Crippen LogP contribution in [0.2, 0.25) is 0 Å². The van der Waals surface area contributed by atoms with Gasteiger partial charge in [-0.3, -0.25) is 47.9 Å². The van der Waals surface area contributed by atoms with Crippen LogP contribution < -0.4 is 35.7 Å². The molecule has 12 fully saturated rings. The van der Waals surface area contributed by atoms with Gasteiger partial charge in [-0.05, 0) is 124 Å². The third kappa shape index (κ3) is 31.3. The van der Waals surface area contributed by atoms with Gasteiger partial charge in [0.2, 0.25) is 70.9 Å². The van der Waals surface area contributed by atoms with Gasteiger partial charge in [0.15, 0.2) is 11.5 Å². The average molecular weight is 1940 g/mol. The summed E-state index contributed by atoms with van der Waals surface area (Å²) in [5.41, 5.74) is 11.1. The highest BCUT2D eigenvalue weighted by Gasteiger charge is 2.52. The molecular formula is C100H128F3N19O18. The second-order valence-electron chi connectivity index (χ2n) is 35.7. The van der Waals surface area contributed by atoms with Gasteiger partial charge >= 0.3 is 0 Å². The molecule has 40 heteroatoms. The molecule has 9 amide bonds. The summed E-state index contributed by atoms with van der Waals surface area (Å²) < 4.78 is 84.6. The number of amides is 9. The number of likely N-dealkylation sites (tertiary alicyclic amines) is 8. The number of nitrogens with zero attached hydrogens (tertiary/aromatic N) is 16. The maximum Gasteiger partial charge on any atom is 0.273 e. The zero-order valence-electron chi connectivity index (χ0n) is 79.3. The number of carbonyl (C=O) groups is 10. The number of para-hydroxylation sites is 1. The first-order chi connectivity index (χ1) is 67.3. The van der Waals surface area contributed by atoms with Crippen LogP contribution in [0.25, 0.3) is 21.8 Å². The number of nitrogens with two attached hydrogens (primary N) is 2. The number of nitrogens with one attached hydrogen (secondary N) is 1. The Morgan fingerprint density at radius 1 is 0.429 bits per heavy atom. The highest BCUT2D eigenvalue weighted by molar-refractivity contribution is 5.91. The molecule has 12 aliphatic rings. The number of ketones is 1. The average Bonchev–Trinajstić information content (AvgIpc) is 1.66. The largest absolute Gasteiger partial charge is 0.490 e. The van der Waals surface area contributed by atoms with Gasteiger partial charge in [0.25, 0.3) is 5.92 Å². The molecule has 1 atom stereocenters. The Morgan fingerprint density at radius 3 is 1.26 bits per heavy atom. The minimum absolute atomic E-state index is 0.00342. The van der Waals surface area contributed by atoms with Gasteiger partial charge in [-0.1, -0.05) is 64.8 Å². The first-order valence-electron chi connectivity index (χ1n) is 47.2. The highest BCUT2D eigenvalue weighted by Crippen LogP contribution is 2.44. The van der Waals surface area contributed by atoms with Gasteiger partial charge in [-0.25, -0.2) is 48.1 Å². The fourth-order valence-electron chi connectivity index (χ4n) is 18.2. The Kier molecular flexibility index (Phi) is 39.3. The number of anilines is 2. The maximum absolute atomic E-state index is 13.1. The second kappa shape index (κ2) is 51.4. The molecule has 140 heavy (non-hydrogen) atoms. The van der Waals surface area contributed by atoms with E-state index in [2.05, 4.69) is 97.8 Å². The van der Waals surface area contributed by atoms with Crippen molar-refractivity contribution < 1.29 is 99.0 Å². The first kappa shape index (κ1) is 107. The predicted octanol–water partition coefficient (Wildman–Crippen LogP) is 8.68. The molecule has 4 aromatic heterocycles. The van der Waals surface area contributed by atoms with E-state index < -0.39 is 24.3 Å². The summed E-state index contributed by atoms with van der Waals surface area (Å²) in [5, 5.41) is 4.75. The minimum Gasteiger partial charge on any atom is -0.490 e. The van der Waals surface area contributed by atoms with Crippen molar-refractivity contribution in [2.75, 3.05) is 149 Å². The monoisotopic (exact) mass is 1940 g/mol. The Labute approximate surface area is 812 Å². The van der Waals surface area contributed by atoms with Crippen LogP contribution in [0.5, 0.6) is 23.1 Å². The molecule has 0 radical (unpaired) electrons. The normalized spacial score (nSPS) is 20.6. The zero-order chi connectivity index (χ0) is 100. The van der Waals surface area contributed by atoms with E-state index in [0.29, 0.717) is 149 Å². The number of aromatic nitrogens is 8. The third-order valence-corrected chi connectivity index (χ3v) is 26.3. The number of ether oxygens (including phenoxy) is 8. The Balaban J connectivity index is 0.000000154. The summed E-state index contributed by atoms with van der Waals surface area (Å²) in [5.74, 6) is 0.233. The number of piperidine rings is 8. The first-order valence-corrected chi connectivity index (χ1v) is 47.2. The lowest BCUT2D eigenvalue weighted by molar-refractivity contribution is -0.153. The van der Waals surface area contributed by atoms with Crippen molar-refractivity contribution in [2.24, 2.45) is 0 Å². The minimum atomic E-state index is -2.70. The molecule has 12 aliphatic heterocycles. The molecule has 12 saturated heterocycles. The van der Waals surface area contributed by atoms with Gasteiger partial charge in [0.05, 0.1) is 46.9 Å². The molecule has 0 aliphatic carbocycles. The lowest BCUT2D eigenvalue weighted by Crippen LogP contribution is -2.57. The van der Waals surface area contributed by atoms with E-state index in [0.717, 1.165) is 123 Å². The molecule has 16 heterocycles. The number of Topliss-reactive ketones (excluding diaryl/α,β-unsaturated/α-hetero) is 1. The van der Waals surface area contributed by atoms with Crippen molar-refractivity contribution in [3.63, 3.8) is 0 Å². The van der Waals surface area contributed by atoms with E-state index in [1.807, 2.05) is 36.4 Å². The number of hydrogen-bond acceptors (Lipinski definition) is 28. The van der Waals surface area contributed by atoms with Crippen LogP contribution in [0.1, 0.15) is 122 Å². The van der Waals surface area contributed by atoms with Gasteiger partial charge in [-0.2, -0.15) is 4.98 Å². The number of carbonyl (C=O) groups excluding carboxylic acids is 10. The molecule has 0 bridgehead atoms. The molecule has 5 N–H and O–H groups in total. The molecule has 6 aromatic rings. The van der Waals surface area contributed by atoms with Crippen molar-refractivity contribution in [3.8, 4) is 23.1 Å². The van der Waals surface area contributed by atoms with Crippen LogP contribution >= 0.6 is 0 Å². The van der Waals surface area contributed by atoms with E-state index in [4.69, 9.17) is 49.4 Å². The predicted molar refractivity (Wildman–Crippen MR) is 514 cm³/mol. The van der Waals surface area contributed by atoms with E-state index in [9.17, 15) is 61.1 Å². The molecule has 37 nitrogen and oxygen atoms in total. The smallest absolute Gasteiger partial charge is 0.273 e. The van der Waals surface area contributed by atoms with E-state index in [-0.39, 0.29) is 138 Å². The summed E-state index contributed by atoms with van der Waals surface area (Å²) in [4.78, 5) is 159. The topological polar surface area (TPSA) is 438 Å². The molecule has 18 rings (SSSR count). The number of morpholine rings is 1. The van der Waals surface area contributed by atoms with Crippen molar-refractivity contribution in [3.05, 3.63) is 187 Å². The van der Waals surface area contributed by atoms with Crippen molar-refractivity contribution in [1.29, 1.82) is 0 Å².